The average Bonchev–Trinajstić information content (AvgIpc) is 3.64. The molecule has 0 spiro atoms. The minimum atomic E-state index is -0.999. The molecule has 1 aliphatic heterocycles. The molecule has 4 aromatic heterocycles. The summed E-state index contributed by atoms with van der Waals surface area (Å²) in [6, 6.07) is 10.1. The predicted octanol–water partition coefficient (Wildman–Crippen LogP) is 3.32. The Morgan fingerprint density at radius 2 is 1.93 bits per heavy atom. The molecule has 1 saturated carbocycles. The summed E-state index contributed by atoms with van der Waals surface area (Å²) < 4.78 is 1.78. The summed E-state index contributed by atoms with van der Waals surface area (Å²) in [5, 5.41) is 40.6. The number of anilines is 2. The van der Waals surface area contributed by atoms with E-state index in [1.54, 1.807) is 28.1 Å². The SMILES string of the molecule is CC(C)Nc1cc(-c2ccc3cc(C#N)cnn23)ncc1-c1nnc(N2CC3CCC(C2)C3NC(=O)C(C)O)s1. The highest BCUT2D eigenvalue weighted by Crippen LogP contribution is 2.41. The van der Waals surface area contributed by atoms with Crippen molar-refractivity contribution in [3.8, 4) is 28.0 Å². The first-order valence-corrected chi connectivity index (χ1v) is 14.3. The number of rotatable bonds is 7. The molecule has 0 aromatic carbocycles. The van der Waals surface area contributed by atoms with Crippen LogP contribution in [0.5, 0.6) is 0 Å². The molecule has 2 bridgehead atoms. The van der Waals surface area contributed by atoms with E-state index in [1.165, 1.54) is 6.92 Å². The Bertz CT molecular complexity index is 1590. The Labute approximate surface area is 235 Å². The van der Waals surface area contributed by atoms with Gasteiger partial charge in [-0.2, -0.15) is 10.4 Å². The quantitative estimate of drug-likeness (QED) is 0.312. The van der Waals surface area contributed by atoms with E-state index in [0.29, 0.717) is 17.4 Å². The summed E-state index contributed by atoms with van der Waals surface area (Å²) in [5.74, 6) is 0.343. The van der Waals surface area contributed by atoms with Crippen molar-refractivity contribution in [1.82, 2.24) is 30.1 Å². The molecule has 2 aliphatic rings. The zero-order valence-corrected chi connectivity index (χ0v) is 23.4. The van der Waals surface area contributed by atoms with Gasteiger partial charge in [-0.3, -0.25) is 9.78 Å². The van der Waals surface area contributed by atoms with Gasteiger partial charge < -0.3 is 20.6 Å². The molecule has 0 radical (unpaired) electrons. The van der Waals surface area contributed by atoms with Crippen LogP contribution in [0, 0.1) is 23.2 Å². The zero-order chi connectivity index (χ0) is 28.0. The first-order valence-electron chi connectivity index (χ1n) is 13.5. The van der Waals surface area contributed by atoms with Crippen LogP contribution in [0.15, 0.2) is 36.7 Å². The molecule has 1 amide bonds. The topological polar surface area (TPSA) is 144 Å². The molecular formula is C28H31N9O2S. The van der Waals surface area contributed by atoms with Gasteiger partial charge in [0.25, 0.3) is 0 Å². The van der Waals surface area contributed by atoms with Gasteiger partial charge in [-0.15, -0.1) is 10.2 Å². The third kappa shape index (κ3) is 4.87. The van der Waals surface area contributed by atoms with Crippen molar-refractivity contribution in [3.63, 3.8) is 0 Å². The molecule has 2 fully saturated rings. The molecule has 1 saturated heterocycles. The number of hydrogen-bond acceptors (Lipinski definition) is 10. The van der Waals surface area contributed by atoms with Crippen LogP contribution < -0.4 is 15.5 Å². The maximum Gasteiger partial charge on any atom is 0.248 e. The Balaban J connectivity index is 1.26. The van der Waals surface area contributed by atoms with Crippen molar-refractivity contribution >= 4 is 33.6 Å². The molecule has 3 N–H and O–H groups in total. The Morgan fingerprint density at radius 1 is 1.15 bits per heavy atom. The normalized spacial score (nSPS) is 21.0. The molecule has 5 heterocycles. The standard InChI is InChI=1S/C28H31N9O2S/c1-15(2)32-22-9-23(24-7-6-20-8-17(10-29)11-31-37(20)24)30-12-21(22)27-34-35-28(40-27)36-13-18-4-5-19(14-36)25(18)33-26(39)16(3)38/h6-9,11-12,15-16,18-19,25,38H,4-5,13-14H2,1-3H3,(H,30,32)(H,33,39). The number of carbonyl (C=O) groups excluding carboxylic acids is 1. The van der Waals surface area contributed by atoms with E-state index < -0.39 is 6.10 Å². The highest BCUT2D eigenvalue weighted by molar-refractivity contribution is 7.18. The Kier molecular flexibility index (Phi) is 6.85. The number of amides is 1. The minimum Gasteiger partial charge on any atom is -0.384 e. The van der Waals surface area contributed by atoms with Gasteiger partial charge in [-0.05, 0) is 69.7 Å². The van der Waals surface area contributed by atoms with Gasteiger partial charge in [0.2, 0.25) is 11.0 Å². The van der Waals surface area contributed by atoms with Gasteiger partial charge in [-0.1, -0.05) is 11.3 Å². The summed E-state index contributed by atoms with van der Waals surface area (Å²) >= 11 is 1.54. The van der Waals surface area contributed by atoms with E-state index in [4.69, 9.17) is 4.98 Å². The van der Waals surface area contributed by atoms with E-state index in [2.05, 4.69) is 50.7 Å². The summed E-state index contributed by atoms with van der Waals surface area (Å²) in [4.78, 5) is 19.2. The molecule has 12 heteroatoms. The van der Waals surface area contributed by atoms with Gasteiger partial charge in [-0.25, -0.2) is 4.52 Å². The first-order chi connectivity index (χ1) is 19.3. The van der Waals surface area contributed by atoms with E-state index in [1.807, 2.05) is 24.4 Å². The smallest absolute Gasteiger partial charge is 0.248 e. The van der Waals surface area contributed by atoms with E-state index in [9.17, 15) is 15.2 Å². The lowest BCUT2D eigenvalue weighted by Gasteiger charge is -2.38. The van der Waals surface area contributed by atoms with Crippen molar-refractivity contribution in [2.24, 2.45) is 11.8 Å². The fourth-order valence-corrected chi connectivity index (χ4v) is 6.69. The van der Waals surface area contributed by atoms with Crippen LogP contribution >= 0.6 is 11.3 Å². The summed E-state index contributed by atoms with van der Waals surface area (Å²) in [6.07, 6.45) is 4.48. The van der Waals surface area contributed by atoms with Crippen molar-refractivity contribution in [1.29, 1.82) is 5.26 Å². The number of hydrogen-bond donors (Lipinski definition) is 3. The van der Waals surface area contributed by atoms with Crippen LogP contribution in [0.4, 0.5) is 10.8 Å². The van der Waals surface area contributed by atoms with Crippen molar-refractivity contribution < 1.29 is 9.90 Å². The predicted molar refractivity (Wildman–Crippen MR) is 153 cm³/mol. The van der Waals surface area contributed by atoms with E-state index >= 15 is 0 Å². The number of carbonyl (C=O) groups is 1. The number of nitriles is 1. The second-order valence-corrected chi connectivity index (χ2v) is 11.9. The lowest BCUT2D eigenvalue weighted by Crippen LogP contribution is -2.54. The lowest BCUT2D eigenvalue weighted by atomic mass is 9.92. The third-order valence-corrected chi connectivity index (χ3v) is 8.69. The molecule has 3 unspecified atom stereocenters. The number of pyridine rings is 1. The molecule has 3 atom stereocenters. The first kappa shape index (κ1) is 26.2. The van der Waals surface area contributed by atoms with Crippen LogP contribution in [0.3, 0.4) is 0 Å². The molecule has 206 valence electrons. The van der Waals surface area contributed by atoms with Crippen molar-refractivity contribution in [2.45, 2.75) is 51.8 Å². The molecule has 6 rings (SSSR count). The number of nitrogens with zero attached hydrogens (tertiary/aromatic N) is 7. The van der Waals surface area contributed by atoms with Crippen LogP contribution in [0.25, 0.3) is 27.5 Å². The minimum absolute atomic E-state index is 0.0930. The Morgan fingerprint density at radius 3 is 2.62 bits per heavy atom. The lowest BCUT2D eigenvalue weighted by molar-refractivity contribution is -0.129. The monoisotopic (exact) mass is 557 g/mol. The highest BCUT2D eigenvalue weighted by Gasteiger charge is 2.43. The highest BCUT2D eigenvalue weighted by atomic mass is 32.1. The number of nitrogens with one attached hydrogen (secondary N) is 2. The zero-order valence-electron chi connectivity index (χ0n) is 22.6. The van der Waals surface area contributed by atoms with Crippen LogP contribution in [0.2, 0.25) is 0 Å². The average molecular weight is 558 g/mol. The van der Waals surface area contributed by atoms with Crippen molar-refractivity contribution in [2.75, 3.05) is 23.3 Å². The van der Waals surface area contributed by atoms with E-state index in [0.717, 1.165) is 64.2 Å². The van der Waals surface area contributed by atoms with Crippen LogP contribution in [-0.2, 0) is 4.79 Å². The molecular weight excluding hydrogens is 526 g/mol. The maximum absolute atomic E-state index is 12.1. The summed E-state index contributed by atoms with van der Waals surface area (Å²) in [6.45, 7) is 7.27. The molecule has 1 aliphatic carbocycles. The largest absolute Gasteiger partial charge is 0.384 e. The van der Waals surface area contributed by atoms with E-state index in [-0.39, 0.29) is 18.0 Å². The van der Waals surface area contributed by atoms with Gasteiger partial charge in [0, 0.05) is 37.1 Å². The maximum atomic E-state index is 12.1. The summed E-state index contributed by atoms with van der Waals surface area (Å²) in [7, 11) is 0. The van der Waals surface area contributed by atoms with Gasteiger partial charge in [0.05, 0.1) is 34.2 Å². The Hall–Kier alpha value is -4.08. The van der Waals surface area contributed by atoms with Gasteiger partial charge >= 0.3 is 0 Å². The van der Waals surface area contributed by atoms with Crippen LogP contribution in [-0.4, -0.2) is 67.1 Å². The molecule has 40 heavy (non-hydrogen) atoms. The second kappa shape index (κ2) is 10.5. The molecule has 11 nitrogen and oxygen atoms in total. The molecule has 4 aromatic rings. The van der Waals surface area contributed by atoms with Crippen molar-refractivity contribution in [3.05, 3.63) is 42.2 Å². The number of aliphatic hydroxyl groups is 1. The second-order valence-electron chi connectivity index (χ2n) is 10.9. The fourth-order valence-electron chi connectivity index (χ4n) is 5.80. The third-order valence-electron chi connectivity index (χ3n) is 7.68. The fraction of sp³-hybridized carbons (Fsp3) is 0.429. The van der Waals surface area contributed by atoms with Crippen LogP contribution in [0.1, 0.15) is 39.2 Å². The number of aliphatic hydroxyl groups excluding tert-OH is 1. The number of piperidine rings is 1. The number of fused-ring (bicyclic) bond motifs is 3. The van der Waals surface area contributed by atoms with Gasteiger partial charge in [0.1, 0.15) is 12.2 Å². The summed E-state index contributed by atoms with van der Waals surface area (Å²) in [5.41, 5.74) is 4.71. The van der Waals surface area contributed by atoms with Gasteiger partial charge in [0.15, 0.2) is 5.01 Å². The number of aromatic nitrogens is 5.